The zero-order valence-corrected chi connectivity index (χ0v) is 14.7. The van der Waals surface area contributed by atoms with Gasteiger partial charge in [-0.05, 0) is 29.8 Å². The molecule has 0 saturated heterocycles. The van der Waals surface area contributed by atoms with Gasteiger partial charge in [-0.15, -0.1) is 0 Å². The van der Waals surface area contributed by atoms with Crippen LogP contribution in [0.2, 0.25) is 0 Å². The van der Waals surface area contributed by atoms with Gasteiger partial charge >= 0.3 is 5.69 Å². The predicted octanol–water partition coefficient (Wildman–Crippen LogP) is 2.95. The lowest BCUT2D eigenvalue weighted by molar-refractivity contribution is -0.387. The van der Waals surface area contributed by atoms with Crippen LogP contribution in [-0.4, -0.2) is 23.8 Å². The summed E-state index contributed by atoms with van der Waals surface area (Å²) in [7, 11) is 1.52. The Morgan fingerprint density at radius 2 is 1.89 bits per heavy atom. The number of rotatable bonds is 7. The topological polar surface area (TPSA) is 111 Å². The minimum absolute atomic E-state index is 0.0874. The lowest BCUT2D eigenvalue weighted by Crippen LogP contribution is -2.29. The van der Waals surface area contributed by atoms with E-state index in [0.717, 1.165) is 12.1 Å². The quantitative estimate of drug-likeness (QED) is 0.571. The number of methoxy groups -OCH3 is 1. The number of nitro benzene ring substituents is 1. The van der Waals surface area contributed by atoms with Crippen LogP contribution in [0.5, 0.6) is 5.75 Å². The number of carbonyl (C=O) groups excluding carboxylic acids is 2. The van der Waals surface area contributed by atoms with E-state index in [4.69, 9.17) is 4.74 Å². The maximum Gasteiger partial charge on any atom is 0.306 e. The first-order chi connectivity index (χ1) is 12.8. The highest BCUT2D eigenvalue weighted by Gasteiger charge is 2.19. The second-order valence-corrected chi connectivity index (χ2v) is 5.70. The molecule has 0 heterocycles. The van der Waals surface area contributed by atoms with Gasteiger partial charge in [-0.3, -0.25) is 19.7 Å². The SMILES string of the molecule is COc1ccc(C(CC(=O)Nc2ccc(F)c([N+](=O)[O-])c2)NC(C)=O)cc1. The van der Waals surface area contributed by atoms with Gasteiger partial charge in [-0.25, -0.2) is 0 Å². The van der Waals surface area contributed by atoms with E-state index < -0.39 is 28.4 Å². The number of anilines is 1. The van der Waals surface area contributed by atoms with Crippen molar-refractivity contribution < 1.29 is 23.6 Å². The Bertz CT molecular complexity index is 855. The highest BCUT2D eigenvalue weighted by molar-refractivity contribution is 5.92. The van der Waals surface area contributed by atoms with Gasteiger partial charge in [-0.1, -0.05) is 12.1 Å². The zero-order valence-electron chi connectivity index (χ0n) is 14.7. The molecule has 2 N–H and O–H groups in total. The minimum atomic E-state index is -0.993. The third-order valence-corrected chi connectivity index (χ3v) is 3.71. The first kappa shape index (κ1) is 19.8. The van der Waals surface area contributed by atoms with Gasteiger partial charge in [0, 0.05) is 18.7 Å². The first-order valence-corrected chi connectivity index (χ1v) is 7.95. The van der Waals surface area contributed by atoms with Crippen molar-refractivity contribution in [2.75, 3.05) is 12.4 Å². The van der Waals surface area contributed by atoms with Crippen molar-refractivity contribution >= 4 is 23.2 Å². The molecular formula is C18H18FN3O5. The molecule has 0 radical (unpaired) electrons. The molecule has 0 fully saturated rings. The molecular weight excluding hydrogens is 357 g/mol. The summed E-state index contributed by atoms with van der Waals surface area (Å²) in [6.45, 7) is 1.33. The standard InChI is InChI=1S/C18H18FN3O5/c1-11(23)20-16(12-3-6-14(27-2)7-4-12)10-18(24)21-13-5-8-15(19)17(9-13)22(25)26/h3-9,16H,10H2,1-2H3,(H,20,23)(H,21,24). The summed E-state index contributed by atoms with van der Waals surface area (Å²) in [6.07, 6.45) is -0.114. The fourth-order valence-electron chi connectivity index (χ4n) is 2.46. The fraction of sp³-hybridized carbons (Fsp3) is 0.222. The van der Waals surface area contributed by atoms with E-state index in [2.05, 4.69) is 10.6 Å². The number of hydrogen-bond donors (Lipinski definition) is 2. The van der Waals surface area contributed by atoms with E-state index in [1.807, 2.05) is 0 Å². The number of nitrogens with one attached hydrogen (secondary N) is 2. The molecule has 9 heteroatoms. The number of nitrogens with zero attached hydrogens (tertiary/aromatic N) is 1. The summed E-state index contributed by atoms with van der Waals surface area (Å²) in [6, 6.07) is 9.29. The van der Waals surface area contributed by atoms with Gasteiger partial charge in [0.1, 0.15) is 5.75 Å². The van der Waals surface area contributed by atoms with Crippen molar-refractivity contribution in [1.82, 2.24) is 5.32 Å². The average molecular weight is 375 g/mol. The van der Waals surface area contributed by atoms with Crippen LogP contribution in [-0.2, 0) is 9.59 Å². The number of amides is 2. The highest BCUT2D eigenvalue weighted by Crippen LogP contribution is 2.24. The van der Waals surface area contributed by atoms with Crippen LogP contribution in [0.15, 0.2) is 42.5 Å². The summed E-state index contributed by atoms with van der Waals surface area (Å²) in [5, 5.41) is 15.9. The Hall–Kier alpha value is -3.49. The van der Waals surface area contributed by atoms with Gasteiger partial charge in [0.25, 0.3) is 0 Å². The molecule has 2 amide bonds. The fourth-order valence-corrected chi connectivity index (χ4v) is 2.46. The number of carbonyl (C=O) groups is 2. The molecule has 2 rings (SSSR count). The van der Waals surface area contributed by atoms with Gasteiger partial charge in [0.2, 0.25) is 17.6 Å². The van der Waals surface area contributed by atoms with Crippen molar-refractivity contribution in [2.24, 2.45) is 0 Å². The molecule has 0 aliphatic carbocycles. The third kappa shape index (κ3) is 5.50. The molecule has 0 saturated carbocycles. The lowest BCUT2D eigenvalue weighted by atomic mass is 10.0. The zero-order chi connectivity index (χ0) is 20.0. The Morgan fingerprint density at radius 1 is 1.22 bits per heavy atom. The molecule has 0 aromatic heterocycles. The van der Waals surface area contributed by atoms with E-state index in [1.54, 1.807) is 24.3 Å². The summed E-state index contributed by atoms with van der Waals surface area (Å²) >= 11 is 0. The Balaban J connectivity index is 2.14. The Morgan fingerprint density at radius 3 is 2.44 bits per heavy atom. The summed E-state index contributed by atoms with van der Waals surface area (Å²) in [5.74, 6) is -1.18. The van der Waals surface area contributed by atoms with E-state index >= 15 is 0 Å². The van der Waals surface area contributed by atoms with Crippen molar-refractivity contribution in [3.8, 4) is 5.75 Å². The van der Waals surface area contributed by atoms with E-state index in [0.29, 0.717) is 11.3 Å². The molecule has 2 aromatic rings. The summed E-state index contributed by atoms with van der Waals surface area (Å²) in [4.78, 5) is 33.7. The summed E-state index contributed by atoms with van der Waals surface area (Å²) in [5.41, 5.74) is 0.0389. The van der Waals surface area contributed by atoms with Gasteiger partial charge in [0.05, 0.1) is 24.5 Å². The predicted molar refractivity (Wildman–Crippen MR) is 95.9 cm³/mol. The normalized spacial score (nSPS) is 11.4. The highest BCUT2D eigenvalue weighted by atomic mass is 19.1. The van der Waals surface area contributed by atoms with Crippen molar-refractivity contribution in [2.45, 2.75) is 19.4 Å². The maximum atomic E-state index is 13.4. The number of halogens is 1. The van der Waals surface area contributed by atoms with Crippen LogP contribution in [0, 0.1) is 15.9 Å². The number of benzene rings is 2. The van der Waals surface area contributed by atoms with Gasteiger partial charge in [0.15, 0.2) is 0 Å². The largest absolute Gasteiger partial charge is 0.497 e. The second kappa shape index (κ2) is 8.75. The van der Waals surface area contributed by atoms with Crippen LogP contribution in [0.1, 0.15) is 24.9 Å². The molecule has 0 aliphatic rings. The molecule has 0 bridgehead atoms. The Kier molecular flexibility index (Phi) is 6.42. The van der Waals surface area contributed by atoms with Crippen LogP contribution >= 0.6 is 0 Å². The van der Waals surface area contributed by atoms with Crippen LogP contribution < -0.4 is 15.4 Å². The second-order valence-electron chi connectivity index (χ2n) is 5.70. The van der Waals surface area contributed by atoms with Crippen molar-refractivity contribution in [3.05, 3.63) is 64.0 Å². The number of hydrogen-bond acceptors (Lipinski definition) is 5. The molecule has 27 heavy (non-hydrogen) atoms. The molecule has 1 atom stereocenters. The number of ether oxygens (including phenoxy) is 1. The van der Waals surface area contributed by atoms with Crippen molar-refractivity contribution in [3.63, 3.8) is 0 Å². The van der Waals surface area contributed by atoms with Crippen molar-refractivity contribution in [1.29, 1.82) is 0 Å². The van der Waals surface area contributed by atoms with Gasteiger partial charge < -0.3 is 15.4 Å². The first-order valence-electron chi connectivity index (χ1n) is 7.95. The van der Waals surface area contributed by atoms with E-state index in [-0.39, 0.29) is 18.0 Å². The average Bonchev–Trinajstić information content (AvgIpc) is 2.62. The minimum Gasteiger partial charge on any atom is -0.497 e. The summed E-state index contributed by atoms with van der Waals surface area (Å²) < 4.78 is 18.5. The van der Waals surface area contributed by atoms with Crippen LogP contribution in [0.4, 0.5) is 15.8 Å². The third-order valence-electron chi connectivity index (χ3n) is 3.71. The van der Waals surface area contributed by atoms with Gasteiger partial charge in [-0.2, -0.15) is 4.39 Å². The van der Waals surface area contributed by atoms with Crippen LogP contribution in [0.25, 0.3) is 0 Å². The van der Waals surface area contributed by atoms with E-state index in [9.17, 15) is 24.1 Å². The van der Waals surface area contributed by atoms with Crippen LogP contribution in [0.3, 0.4) is 0 Å². The molecule has 8 nitrogen and oxygen atoms in total. The smallest absolute Gasteiger partial charge is 0.306 e. The lowest BCUT2D eigenvalue weighted by Gasteiger charge is -2.18. The number of nitro groups is 1. The molecule has 0 spiro atoms. The molecule has 2 aromatic carbocycles. The van der Waals surface area contributed by atoms with E-state index in [1.165, 1.54) is 20.1 Å². The molecule has 1 unspecified atom stereocenters. The monoisotopic (exact) mass is 375 g/mol. The maximum absolute atomic E-state index is 13.4. The molecule has 0 aliphatic heterocycles. The molecule has 142 valence electrons. The Labute approximate surface area is 154 Å².